The molecule has 0 aromatic carbocycles. The zero-order valence-electron chi connectivity index (χ0n) is 11.3. The second-order valence-corrected chi connectivity index (χ2v) is 5.49. The molecule has 2 rings (SSSR count). The van der Waals surface area contributed by atoms with Crippen LogP contribution in [0, 0.1) is 12.8 Å². The van der Waals surface area contributed by atoms with Gasteiger partial charge in [0.05, 0.1) is 6.04 Å². The molecule has 1 saturated heterocycles. The van der Waals surface area contributed by atoms with Crippen LogP contribution in [0.25, 0.3) is 0 Å². The van der Waals surface area contributed by atoms with Gasteiger partial charge in [0.15, 0.2) is 0 Å². The standard InChI is InChI=1S/C14H21N3O/c1-9(2)8-17-13(18)6-12(15)14(17)11-7-16-5-4-10(11)3/h4-5,7,9,12,14H,6,8,15H2,1-3H3. The van der Waals surface area contributed by atoms with Crippen LogP contribution in [0.5, 0.6) is 0 Å². The van der Waals surface area contributed by atoms with Crippen molar-refractivity contribution in [3.05, 3.63) is 29.6 Å². The molecule has 18 heavy (non-hydrogen) atoms. The van der Waals surface area contributed by atoms with Crippen molar-refractivity contribution < 1.29 is 4.79 Å². The molecule has 2 heterocycles. The molecule has 0 saturated carbocycles. The van der Waals surface area contributed by atoms with E-state index in [2.05, 4.69) is 18.8 Å². The Bertz CT molecular complexity index is 444. The minimum Gasteiger partial charge on any atom is -0.334 e. The first kappa shape index (κ1) is 13.0. The number of rotatable bonds is 3. The molecule has 1 aliphatic rings. The van der Waals surface area contributed by atoms with Crippen molar-refractivity contribution in [3.63, 3.8) is 0 Å². The highest BCUT2D eigenvalue weighted by Crippen LogP contribution is 2.33. The number of pyridine rings is 1. The second-order valence-electron chi connectivity index (χ2n) is 5.49. The lowest BCUT2D eigenvalue weighted by Gasteiger charge is -2.29. The maximum Gasteiger partial charge on any atom is 0.224 e. The smallest absolute Gasteiger partial charge is 0.224 e. The summed E-state index contributed by atoms with van der Waals surface area (Å²) in [4.78, 5) is 18.1. The number of carbonyl (C=O) groups excluding carboxylic acids is 1. The summed E-state index contributed by atoms with van der Waals surface area (Å²) >= 11 is 0. The number of hydrogen-bond acceptors (Lipinski definition) is 3. The van der Waals surface area contributed by atoms with Crippen LogP contribution in [0.4, 0.5) is 0 Å². The largest absolute Gasteiger partial charge is 0.334 e. The Morgan fingerprint density at radius 2 is 2.28 bits per heavy atom. The molecule has 0 aliphatic carbocycles. The highest BCUT2D eigenvalue weighted by atomic mass is 16.2. The Hall–Kier alpha value is -1.42. The third-order valence-corrected chi connectivity index (χ3v) is 3.43. The Morgan fingerprint density at radius 3 is 2.89 bits per heavy atom. The van der Waals surface area contributed by atoms with Gasteiger partial charge in [-0.05, 0) is 30.0 Å². The van der Waals surface area contributed by atoms with Gasteiger partial charge < -0.3 is 10.6 Å². The summed E-state index contributed by atoms with van der Waals surface area (Å²) < 4.78 is 0. The summed E-state index contributed by atoms with van der Waals surface area (Å²) in [5, 5.41) is 0. The van der Waals surface area contributed by atoms with Gasteiger partial charge in [-0.3, -0.25) is 9.78 Å². The van der Waals surface area contributed by atoms with Crippen LogP contribution in [-0.2, 0) is 4.79 Å². The molecule has 2 unspecified atom stereocenters. The lowest BCUT2D eigenvalue weighted by atomic mass is 9.98. The quantitative estimate of drug-likeness (QED) is 0.883. The molecule has 0 radical (unpaired) electrons. The van der Waals surface area contributed by atoms with Crippen molar-refractivity contribution in [2.45, 2.75) is 39.3 Å². The third-order valence-electron chi connectivity index (χ3n) is 3.43. The molecule has 2 N–H and O–H groups in total. The van der Waals surface area contributed by atoms with E-state index in [0.717, 1.165) is 17.7 Å². The molecular weight excluding hydrogens is 226 g/mol. The normalized spacial score (nSPS) is 24.1. The number of aromatic nitrogens is 1. The topological polar surface area (TPSA) is 59.2 Å². The molecule has 1 aliphatic heterocycles. The Labute approximate surface area is 108 Å². The number of aryl methyl sites for hydroxylation is 1. The van der Waals surface area contributed by atoms with Crippen molar-refractivity contribution in [3.8, 4) is 0 Å². The Balaban J connectivity index is 2.34. The summed E-state index contributed by atoms with van der Waals surface area (Å²) in [6.07, 6.45) is 4.05. The molecule has 1 aromatic rings. The Morgan fingerprint density at radius 1 is 1.56 bits per heavy atom. The van der Waals surface area contributed by atoms with Gasteiger partial charge in [-0.2, -0.15) is 0 Å². The minimum atomic E-state index is -0.126. The van der Waals surface area contributed by atoms with Gasteiger partial charge in [-0.15, -0.1) is 0 Å². The van der Waals surface area contributed by atoms with E-state index in [1.165, 1.54) is 0 Å². The van der Waals surface area contributed by atoms with Gasteiger partial charge in [0.1, 0.15) is 0 Å². The highest BCUT2D eigenvalue weighted by molar-refractivity contribution is 5.80. The maximum atomic E-state index is 12.0. The first-order chi connectivity index (χ1) is 8.50. The summed E-state index contributed by atoms with van der Waals surface area (Å²) in [6, 6.07) is 1.83. The van der Waals surface area contributed by atoms with E-state index in [1.807, 2.05) is 24.1 Å². The molecule has 1 amide bonds. The van der Waals surface area contributed by atoms with Crippen LogP contribution < -0.4 is 5.73 Å². The molecular formula is C14H21N3O. The Kier molecular flexibility index (Phi) is 3.66. The van der Waals surface area contributed by atoms with Crippen LogP contribution in [0.15, 0.2) is 18.5 Å². The van der Waals surface area contributed by atoms with E-state index in [1.54, 1.807) is 6.20 Å². The van der Waals surface area contributed by atoms with Crippen molar-refractivity contribution in [2.24, 2.45) is 11.7 Å². The van der Waals surface area contributed by atoms with Crippen molar-refractivity contribution in [1.82, 2.24) is 9.88 Å². The molecule has 4 nitrogen and oxygen atoms in total. The maximum absolute atomic E-state index is 12.0. The van der Waals surface area contributed by atoms with E-state index in [9.17, 15) is 4.79 Å². The molecule has 1 fully saturated rings. The fourth-order valence-electron chi connectivity index (χ4n) is 2.61. The fraction of sp³-hybridized carbons (Fsp3) is 0.571. The number of nitrogens with zero attached hydrogens (tertiary/aromatic N) is 2. The van der Waals surface area contributed by atoms with Crippen LogP contribution in [0.1, 0.15) is 37.4 Å². The van der Waals surface area contributed by atoms with Crippen LogP contribution in [-0.4, -0.2) is 28.4 Å². The SMILES string of the molecule is Cc1ccncc1C1C(N)CC(=O)N1CC(C)C. The zero-order chi connectivity index (χ0) is 13.3. The minimum absolute atomic E-state index is 0.0198. The van der Waals surface area contributed by atoms with E-state index >= 15 is 0 Å². The first-order valence-corrected chi connectivity index (χ1v) is 6.46. The highest BCUT2D eigenvalue weighted by Gasteiger charge is 2.39. The van der Waals surface area contributed by atoms with Crippen LogP contribution in [0.2, 0.25) is 0 Å². The third kappa shape index (κ3) is 2.38. The lowest BCUT2D eigenvalue weighted by Crippen LogP contribution is -2.35. The van der Waals surface area contributed by atoms with E-state index in [4.69, 9.17) is 5.73 Å². The second kappa shape index (κ2) is 5.06. The average Bonchev–Trinajstić information content (AvgIpc) is 2.55. The van der Waals surface area contributed by atoms with Gasteiger partial charge in [-0.25, -0.2) is 0 Å². The van der Waals surface area contributed by atoms with Crippen molar-refractivity contribution in [1.29, 1.82) is 0 Å². The monoisotopic (exact) mass is 247 g/mol. The summed E-state index contributed by atoms with van der Waals surface area (Å²) in [5.41, 5.74) is 8.37. The average molecular weight is 247 g/mol. The summed E-state index contributed by atoms with van der Waals surface area (Å²) in [7, 11) is 0. The van der Waals surface area contributed by atoms with Gasteiger partial charge in [0.25, 0.3) is 0 Å². The molecule has 0 bridgehead atoms. The lowest BCUT2D eigenvalue weighted by molar-refractivity contribution is -0.129. The van der Waals surface area contributed by atoms with Crippen LogP contribution in [0.3, 0.4) is 0 Å². The van der Waals surface area contributed by atoms with E-state index < -0.39 is 0 Å². The number of likely N-dealkylation sites (tertiary alicyclic amines) is 1. The molecule has 0 spiro atoms. The number of amides is 1. The predicted molar refractivity (Wildman–Crippen MR) is 70.9 cm³/mol. The molecule has 2 atom stereocenters. The predicted octanol–water partition coefficient (Wildman–Crippen LogP) is 1.65. The van der Waals surface area contributed by atoms with Crippen molar-refractivity contribution >= 4 is 5.91 Å². The summed E-state index contributed by atoms with van der Waals surface area (Å²) in [6.45, 7) is 7.03. The van der Waals surface area contributed by atoms with Crippen LogP contribution >= 0.6 is 0 Å². The number of nitrogens with two attached hydrogens (primary N) is 1. The zero-order valence-corrected chi connectivity index (χ0v) is 11.3. The number of hydrogen-bond donors (Lipinski definition) is 1. The van der Waals surface area contributed by atoms with Gasteiger partial charge in [-0.1, -0.05) is 13.8 Å². The van der Waals surface area contributed by atoms with Gasteiger partial charge in [0.2, 0.25) is 5.91 Å². The number of carbonyl (C=O) groups is 1. The molecule has 1 aromatic heterocycles. The van der Waals surface area contributed by atoms with Gasteiger partial charge in [0, 0.05) is 31.4 Å². The summed E-state index contributed by atoms with van der Waals surface area (Å²) in [5.74, 6) is 0.600. The van der Waals surface area contributed by atoms with E-state index in [0.29, 0.717) is 12.3 Å². The molecule has 4 heteroatoms. The fourth-order valence-corrected chi connectivity index (χ4v) is 2.61. The van der Waals surface area contributed by atoms with Gasteiger partial charge >= 0.3 is 0 Å². The van der Waals surface area contributed by atoms with E-state index in [-0.39, 0.29) is 18.0 Å². The van der Waals surface area contributed by atoms with Crippen molar-refractivity contribution in [2.75, 3.05) is 6.54 Å². The first-order valence-electron chi connectivity index (χ1n) is 6.46. The molecule has 98 valence electrons.